The van der Waals surface area contributed by atoms with Gasteiger partial charge in [0, 0.05) is 51.0 Å². The molecule has 0 amide bonds. The molecule has 29 heavy (non-hydrogen) atoms. The summed E-state index contributed by atoms with van der Waals surface area (Å²) in [6, 6.07) is 4.34. The Balaban J connectivity index is 1.27. The number of ether oxygens (including phenoxy) is 1. The van der Waals surface area contributed by atoms with E-state index in [0.29, 0.717) is 0 Å². The quantitative estimate of drug-likeness (QED) is 0.777. The molecule has 2 fully saturated rings. The predicted octanol–water partition coefficient (Wildman–Crippen LogP) is 1.62. The maximum absolute atomic E-state index is 5.47. The standard InChI is InChI=1S/C21H29N7O/c1-16-14-19(27-10-12-29-13-11-27)23-21(22-16)28-8-6-26(7-9-28)20-15-17-4-2-3-5-18(17)24-25-20/h14-15H,2-13H2,1H3. The van der Waals surface area contributed by atoms with E-state index in [9.17, 15) is 0 Å². The van der Waals surface area contributed by atoms with E-state index in [2.05, 4.69) is 37.0 Å². The second-order valence-corrected chi connectivity index (χ2v) is 8.12. The fourth-order valence-corrected chi connectivity index (χ4v) is 4.40. The van der Waals surface area contributed by atoms with Crippen LogP contribution in [0.4, 0.5) is 17.6 Å². The molecule has 0 spiro atoms. The lowest BCUT2D eigenvalue weighted by molar-refractivity contribution is 0.122. The minimum absolute atomic E-state index is 0.763. The number of hydrogen-bond acceptors (Lipinski definition) is 8. The molecule has 3 aliphatic rings. The number of aromatic nitrogens is 4. The van der Waals surface area contributed by atoms with Crippen LogP contribution in [-0.2, 0) is 17.6 Å². The summed E-state index contributed by atoms with van der Waals surface area (Å²) >= 11 is 0. The zero-order chi connectivity index (χ0) is 19.6. The molecule has 2 saturated heterocycles. The smallest absolute Gasteiger partial charge is 0.227 e. The summed E-state index contributed by atoms with van der Waals surface area (Å²) in [5, 5.41) is 9.01. The van der Waals surface area contributed by atoms with Gasteiger partial charge in [-0.2, -0.15) is 10.1 Å². The second-order valence-electron chi connectivity index (χ2n) is 8.12. The summed E-state index contributed by atoms with van der Waals surface area (Å²) < 4.78 is 5.47. The van der Waals surface area contributed by atoms with Crippen molar-refractivity contribution < 1.29 is 4.74 Å². The van der Waals surface area contributed by atoms with Crippen molar-refractivity contribution >= 4 is 17.6 Å². The zero-order valence-electron chi connectivity index (χ0n) is 17.2. The summed E-state index contributed by atoms with van der Waals surface area (Å²) in [5.41, 5.74) is 3.60. The third kappa shape index (κ3) is 3.99. The average Bonchev–Trinajstić information content (AvgIpc) is 2.79. The van der Waals surface area contributed by atoms with Gasteiger partial charge in [0.25, 0.3) is 0 Å². The van der Waals surface area contributed by atoms with Crippen molar-refractivity contribution in [3.05, 3.63) is 29.1 Å². The SMILES string of the molecule is Cc1cc(N2CCOCC2)nc(N2CCN(c3cc4c(nn3)CCCC4)CC2)n1. The molecule has 1 aliphatic carbocycles. The van der Waals surface area contributed by atoms with Gasteiger partial charge in [-0.25, -0.2) is 4.98 Å². The molecule has 8 nitrogen and oxygen atoms in total. The van der Waals surface area contributed by atoms with Crippen LogP contribution in [0.25, 0.3) is 0 Å². The average molecular weight is 396 g/mol. The number of piperazine rings is 1. The molecule has 4 heterocycles. The minimum atomic E-state index is 0.763. The second kappa shape index (κ2) is 8.10. The molecule has 0 aromatic carbocycles. The first-order chi connectivity index (χ1) is 14.3. The first kappa shape index (κ1) is 18.5. The number of fused-ring (bicyclic) bond motifs is 1. The fourth-order valence-electron chi connectivity index (χ4n) is 4.40. The van der Waals surface area contributed by atoms with Crippen LogP contribution < -0.4 is 14.7 Å². The van der Waals surface area contributed by atoms with Crippen LogP contribution in [-0.4, -0.2) is 72.6 Å². The molecule has 0 saturated carbocycles. The molecule has 0 radical (unpaired) electrons. The van der Waals surface area contributed by atoms with E-state index in [4.69, 9.17) is 14.7 Å². The van der Waals surface area contributed by atoms with Gasteiger partial charge in [0.15, 0.2) is 5.82 Å². The molecule has 5 rings (SSSR count). The van der Waals surface area contributed by atoms with Gasteiger partial charge >= 0.3 is 0 Å². The Hall–Kier alpha value is -2.48. The predicted molar refractivity (Wildman–Crippen MR) is 113 cm³/mol. The summed E-state index contributed by atoms with van der Waals surface area (Å²) in [5.74, 6) is 2.87. The highest BCUT2D eigenvalue weighted by Gasteiger charge is 2.23. The summed E-state index contributed by atoms with van der Waals surface area (Å²) in [6.07, 6.45) is 4.72. The van der Waals surface area contributed by atoms with Gasteiger partial charge in [0.2, 0.25) is 5.95 Å². The molecule has 2 aromatic rings. The molecular weight excluding hydrogens is 366 g/mol. The highest BCUT2D eigenvalue weighted by atomic mass is 16.5. The maximum atomic E-state index is 5.47. The van der Waals surface area contributed by atoms with E-state index < -0.39 is 0 Å². The van der Waals surface area contributed by atoms with Crippen LogP contribution in [0.15, 0.2) is 12.1 Å². The lowest BCUT2D eigenvalue weighted by Gasteiger charge is -2.36. The molecule has 0 bridgehead atoms. The third-order valence-electron chi connectivity index (χ3n) is 6.11. The van der Waals surface area contributed by atoms with Crippen molar-refractivity contribution in [3.63, 3.8) is 0 Å². The molecule has 0 unspecified atom stereocenters. The molecule has 154 valence electrons. The van der Waals surface area contributed by atoms with Gasteiger partial charge in [-0.05, 0) is 44.2 Å². The van der Waals surface area contributed by atoms with E-state index in [1.54, 1.807) is 0 Å². The Labute approximate surface area is 171 Å². The van der Waals surface area contributed by atoms with Gasteiger partial charge in [-0.15, -0.1) is 5.10 Å². The van der Waals surface area contributed by atoms with Crippen LogP contribution in [0, 0.1) is 6.92 Å². The van der Waals surface area contributed by atoms with E-state index in [0.717, 1.165) is 88.6 Å². The summed E-state index contributed by atoms with van der Waals surface area (Å²) in [6.45, 7) is 8.97. The largest absolute Gasteiger partial charge is 0.378 e. The van der Waals surface area contributed by atoms with Crippen molar-refractivity contribution in [2.24, 2.45) is 0 Å². The molecule has 2 aliphatic heterocycles. The van der Waals surface area contributed by atoms with Crippen molar-refractivity contribution in [1.29, 1.82) is 0 Å². The zero-order valence-corrected chi connectivity index (χ0v) is 17.2. The van der Waals surface area contributed by atoms with Crippen LogP contribution in [0.5, 0.6) is 0 Å². The van der Waals surface area contributed by atoms with Crippen LogP contribution >= 0.6 is 0 Å². The number of rotatable bonds is 3. The Bertz CT molecular complexity index is 860. The van der Waals surface area contributed by atoms with Gasteiger partial charge in [0.1, 0.15) is 5.82 Å². The fraction of sp³-hybridized carbons (Fsp3) is 0.619. The molecular formula is C21H29N7O. The van der Waals surface area contributed by atoms with Crippen molar-refractivity contribution in [3.8, 4) is 0 Å². The monoisotopic (exact) mass is 395 g/mol. The van der Waals surface area contributed by atoms with Gasteiger partial charge in [-0.3, -0.25) is 0 Å². The first-order valence-electron chi connectivity index (χ1n) is 10.8. The molecule has 8 heteroatoms. The van der Waals surface area contributed by atoms with E-state index in [-0.39, 0.29) is 0 Å². The topological polar surface area (TPSA) is 70.5 Å². The molecule has 0 N–H and O–H groups in total. The minimum Gasteiger partial charge on any atom is -0.378 e. The third-order valence-corrected chi connectivity index (χ3v) is 6.11. The van der Waals surface area contributed by atoms with Crippen LogP contribution in [0.1, 0.15) is 29.8 Å². The van der Waals surface area contributed by atoms with E-state index in [1.807, 2.05) is 6.92 Å². The van der Waals surface area contributed by atoms with Gasteiger partial charge in [-0.1, -0.05) is 0 Å². The normalized spacial score (nSPS) is 20.0. The van der Waals surface area contributed by atoms with Crippen LogP contribution in [0.3, 0.4) is 0 Å². The van der Waals surface area contributed by atoms with Crippen molar-refractivity contribution in [2.75, 3.05) is 67.2 Å². The number of morpholine rings is 1. The van der Waals surface area contributed by atoms with E-state index >= 15 is 0 Å². The summed E-state index contributed by atoms with van der Waals surface area (Å²) in [4.78, 5) is 16.5. The number of anilines is 3. The summed E-state index contributed by atoms with van der Waals surface area (Å²) in [7, 11) is 0. The van der Waals surface area contributed by atoms with E-state index in [1.165, 1.54) is 24.1 Å². The van der Waals surface area contributed by atoms with Crippen LogP contribution in [0.2, 0.25) is 0 Å². The Morgan fingerprint density at radius 3 is 2.31 bits per heavy atom. The first-order valence-corrected chi connectivity index (χ1v) is 10.8. The van der Waals surface area contributed by atoms with Gasteiger partial charge in [0.05, 0.1) is 18.9 Å². The number of hydrogen-bond donors (Lipinski definition) is 0. The number of aryl methyl sites for hydroxylation is 3. The molecule has 0 atom stereocenters. The van der Waals surface area contributed by atoms with Crippen molar-refractivity contribution in [2.45, 2.75) is 32.6 Å². The highest BCUT2D eigenvalue weighted by Crippen LogP contribution is 2.24. The Morgan fingerprint density at radius 2 is 1.48 bits per heavy atom. The highest BCUT2D eigenvalue weighted by molar-refractivity contribution is 5.48. The lowest BCUT2D eigenvalue weighted by atomic mass is 9.97. The number of nitrogens with zero attached hydrogens (tertiary/aromatic N) is 7. The Kier molecular flexibility index (Phi) is 5.18. The molecule has 2 aromatic heterocycles. The Morgan fingerprint density at radius 1 is 0.759 bits per heavy atom. The van der Waals surface area contributed by atoms with Crippen molar-refractivity contribution in [1.82, 2.24) is 20.2 Å². The van der Waals surface area contributed by atoms with Gasteiger partial charge < -0.3 is 19.4 Å². The lowest BCUT2D eigenvalue weighted by Crippen LogP contribution is -2.47. The maximum Gasteiger partial charge on any atom is 0.227 e.